The van der Waals surface area contributed by atoms with Gasteiger partial charge in [0.25, 0.3) is 0 Å². The summed E-state index contributed by atoms with van der Waals surface area (Å²) in [6.07, 6.45) is 6.54. The van der Waals surface area contributed by atoms with Gasteiger partial charge in [-0.2, -0.15) is 5.10 Å². The summed E-state index contributed by atoms with van der Waals surface area (Å²) in [5, 5.41) is 12.5. The molecular weight excluding hydrogens is 294 g/mol. The van der Waals surface area contributed by atoms with Crippen molar-refractivity contribution in [2.45, 2.75) is 56.5 Å². The van der Waals surface area contributed by atoms with Crippen LogP contribution in [0.4, 0.5) is 0 Å². The second-order valence-corrected chi connectivity index (χ2v) is 7.20. The maximum absolute atomic E-state index is 12.3. The average Bonchev–Trinajstić information content (AvgIpc) is 3.09. The highest BCUT2D eigenvalue weighted by atomic mass is 32.2. The molecule has 0 radical (unpaired) electrons. The zero-order valence-electron chi connectivity index (χ0n) is 12.0. The largest absolute Gasteiger partial charge is 0.481 e. The fourth-order valence-corrected chi connectivity index (χ4v) is 3.44. The number of carboxylic acid groups (broad SMARTS) is 1. The Morgan fingerprint density at radius 2 is 2.29 bits per heavy atom. The van der Waals surface area contributed by atoms with Gasteiger partial charge in [0, 0.05) is 12.2 Å². The molecular formula is C13H21N3O4S. The van der Waals surface area contributed by atoms with Gasteiger partial charge >= 0.3 is 5.97 Å². The van der Waals surface area contributed by atoms with E-state index < -0.39 is 16.0 Å². The highest BCUT2D eigenvalue weighted by Crippen LogP contribution is 2.34. The number of carbonyl (C=O) groups is 1. The lowest BCUT2D eigenvalue weighted by molar-refractivity contribution is -0.137. The summed E-state index contributed by atoms with van der Waals surface area (Å²) in [5.41, 5.74) is 0. The molecule has 1 aromatic heterocycles. The van der Waals surface area contributed by atoms with Crippen molar-refractivity contribution in [2.24, 2.45) is 5.92 Å². The van der Waals surface area contributed by atoms with E-state index in [0.29, 0.717) is 5.92 Å². The molecule has 0 aromatic carbocycles. The van der Waals surface area contributed by atoms with Gasteiger partial charge in [0.1, 0.15) is 4.90 Å². The van der Waals surface area contributed by atoms with Gasteiger partial charge in [0.2, 0.25) is 10.0 Å². The van der Waals surface area contributed by atoms with Crippen LogP contribution in [0, 0.1) is 5.92 Å². The van der Waals surface area contributed by atoms with Crippen molar-refractivity contribution in [3.8, 4) is 0 Å². The van der Waals surface area contributed by atoms with Crippen LogP contribution in [-0.2, 0) is 21.4 Å². The first-order chi connectivity index (χ1) is 9.90. The maximum atomic E-state index is 12.3. The van der Waals surface area contributed by atoms with Crippen molar-refractivity contribution in [3.63, 3.8) is 0 Å². The molecule has 2 N–H and O–H groups in total. The van der Waals surface area contributed by atoms with Crippen LogP contribution in [-0.4, -0.2) is 35.3 Å². The Labute approximate surface area is 124 Å². The predicted molar refractivity (Wildman–Crippen MR) is 76.2 cm³/mol. The van der Waals surface area contributed by atoms with Crippen LogP contribution >= 0.6 is 0 Å². The zero-order chi connectivity index (χ0) is 15.5. The van der Waals surface area contributed by atoms with E-state index in [9.17, 15) is 13.2 Å². The van der Waals surface area contributed by atoms with Crippen molar-refractivity contribution in [1.82, 2.24) is 14.5 Å². The Kier molecular flexibility index (Phi) is 5.00. The highest BCUT2D eigenvalue weighted by molar-refractivity contribution is 7.89. The minimum Gasteiger partial charge on any atom is -0.481 e. The topological polar surface area (TPSA) is 101 Å². The Morgan fingerprint density at radius 3 is 2.86 bits per heavy atom. The van der Waals surface area contributed by atoms with E-state index in [4.69, 9.17) is 5.11 Å². The molecule has 7 nitrogen and oxygen atoms in total. The van der Waals surface area contributed by atoms with Gasteiger partial charge in [-0.25, -0.2) is 13.1 Å². The fourth-order valence-electron chi connectivity index (χ4n) is 2.16. The van der Waals surface area contributed by atoms with Gasteiger partial charge in [0.15, 0.2) is 0 Å². The summed E-state index contributed by atoms with van der Waals surface area (Å²) < 4.78 is 28.6. The van der Waals surface area contributed by atoms with Crippen molar-refractivity contribution in [3.05, 3.63) is 12.4 Å². The number of sulfonamides is 1. The normalized spacial score (nSPS) is 16.8. The lowest BCUT2D eigenvalue weighted by Crippen LogP contribution is -2.34. The summed E-state index contributed by atoms with van der Waals surface area (Å²) in [6, 6.07) is -0.0510. The van der Waals surface area contributed by atoms with Crippen molar-refractivity contribution < 1.29 is 18.3 Å². The third-order valence-electron chi connectivity index (χ3n) is 3.60. The molecule has 8 heteroatoms. The molecule has 118 valence electrons. The minimum atomic E-state index is -3.59. The van der Waals surface area contributed by atoms with Crippen LogP contribution in [0.3, 0.4) is 0 Å². The van der Waals surface area contributed by atoms with Crippen LogP contribution in [0.15, 0.2) is 17.3 Å². The molecule has 1 unspecified atom stereocenters. The molecule has 1 heterocycles. The summed E-state index contributed by atoms with van der Waals surface area (Å²) in [5.74, 6) is -0.292. The summed E-state index contributed by atoms with van der Waals surface area (Å²) in [4.78, 5) is 10.6. The highest BCUT2D eigenvalue weighted by Gasteiger charge is 2.28. The number of carboxylic acids is 1. The standard InChI is InChI=1S/C13H21N3O4S/c1-2-11(7-10-3-4-10)15-21(19,20)12-8-14-16(9-12)6-5-13(17)18/h8-11,15H,2-7H2,1H3,(H,17,18). The lowest BCUT2D eigenvalue weighted by Gasteiger charge is -2.15. The van der Waals surface area contributed by atoms with E-state index in [-0.39, 0.29) is 23.9 Å². The van der Waals surface area contributed by atoms with Crippen LogP contribution in [0.25, 0.3) is 0 Å². The first-order valence-corrected chi connectivity index (χ1v) is 8.65. The molecule has 1 aromatic rings. The second-order valence-electron chi connectivity index (χ2n) is 5.49. The molecule has 2 rings (SSSR count). The molecule has 1 aliphatic carbocycles. The molecule has 1 saturated carbocycles. The molecule has 0 spiro atoms. The molecule has 21 heavy (non-hydrogen) atoms. The van der Waals surface area contributed by atoms with Crippen LogP contribution < -0.4 is 4.72 Å². The van der Waals surface area contributed by atoms with E-state index in [1.807, 2.05) is 6.92 Å². The number of aromatic nitrogens is 2. The van der Waals surface area contributed by atoms with E-state index >= 15 is 0 Å². The third kappa shape index (κ3) is 4.82. The van der Waals surface area contributed by atoms with E-state index in [2.05, 4.69) is 9.82 Å². The lowest BCUT2D eigenvalue weighted by atomic mass is 10.1. The Hall–Kier alpha value is -1.41. The molecule has 1 fully saturated rings. The van der Waals surface area contributed by atoms with Gasteiger partial charge < -0.3 is 5.11 Å². The molecule has 0 amide bonds. The maximum Gasteiger partial charge on any atom is 0.305 e. The van der Waals surface area contributed by atoms with Crippen molar-refractivity contribution in [1.29, 1.82) is 0 Å². The van der Waals surface area contributed by atoms with Crippen LogP contribution in [0.5, 0.6) is 0 Å². The van der Waals surface area contributed by atoms with Gasteiger partial charge in [-0.3, -0.25) is 9.48 Å². The monoisotopic (exact) mass is 315 g/mol. The fraction of sp³-hybridized carbons (Fsp3) is 0.692. The van der Waals surface area contributed by atoms with E-state index in [0.717, 1.165) is 12.8 Å². The quantitative estimate of drug-likeness (QED) is 0.713. The predicted octanol–water partition coefficient (Wildman–Crippen LogP) is 1.21. The van der Waals surface area contributed by atoms with Gasteiger partial charge in [-0.05, 0) is 18.8 Å². The molecule has 1 aliphatic rings. The first-order valence-electron chi connectivity index (χ1n) is 7.17. The molecule has 0 bridgehead atoms. The number of nitrogens with zero attached hydrogens (tertiary/aromatic N) is 2. The van der Waals surface area contributed by atoms with E-state index in [1.54, 1.807) is 0 Å². The molecule has 0 aliphatic heterocycles. The Balaban J connectivity index is 1.99. The number of hydrogen-bond acceptors (Lipinski definition) is 4. The van der Waals surface area contributed by atoms with Gasteiger partial charge in [-0.15, -0.1) is 0 Å². The molecule has 0 saturated heterocycles. The number of aliphatic carboxylic acids is 1. The minimum absolute atomic E-state index is 0.0510. The SMILES string of the molecule is CCC(CC1CC1)NS(=O)(=O)c1cnn(CCC(=O)O)c1. The zero-order valence-corrected chi connectivity index (χ0v) is 12.8. The number of hydrogen-bond donors (Lipinski definition) is 2. The third-order valence-corrected chi connectivity index (χ3v) is 5.08. The second kappa shape index (κ2) is 6.57. The van der Waals surface area contributed by atoms with Crippen molar-refractivity contribution in [2.75, 3.05) is 0 Å². The number of nitrogens with one attached hydrogen (secondary N) is 1. The van der Waals surface area contributed by atoms with Crippen molar-refractivity contribution >= 4 is 16.0 Å². The summed E-state index contributed by atoms with van der Waals surface area (Å²) >= 11 is 0. The van der Waals surface area contributed by atoms with Gasteiger partial charge in [-0.1, -0.05) is 19.8 Å². The smallest absolute Gasteiger partial charge is 0.305 e. The van der Waals surface area contributed by atoms with Crippen LogP contribution in [0.2, 0.25) is 0 Å². The number of rotatable bonds is 9. The van der Waals surface area contributed by atoms with Gasteiger partial charge in [0.05, 0.1) is 19.2 Å². The van der Waals surface area contributed by atoms with E-state index in [1.165, 1.54) is 29.9 Å². The first kappa shape index (κ1) is 16.0. The number of aryl methyl sites for hydroxylation is 1. The average molecular weight is 315 g/mol. The summed E-state index contributed by atoms with van der Waals surface area (Å²) in [7, 11) is -3.59. The molecule has 1 atom stereocenters. The summed E-state index contributed by atoms with van der Waals surface area (Å²) in [6.45, 7) is 2.12. The Morgan fingerprint density at radius 1 is 1.57 bits per heavy atom. The Bertz CT molecular complexity index is 592. The van der Waals surface area contributed by atoms with Crippen LogP contribution in [0.1, 0.15) is 39.0 Å².